The van der Waals surface area contributed by atoms with E-state index in [2.05, 4.69) is 5.16 Å². The molecule has 2 amide bonds. The lowest BCUT2D eigenvalue weighted by Gasteiger charge is -2.22. The van der Waals surface area contributed by atoms with Crippen LogP contribution < -0.4 is 10.6 Å². The molecule has 2 aromatic carbocycles. The molecule has 2 aromatic rings. The van der Waals surface area contributed by atoms with E-state index in [9.17, 15) is 9.59 Å². The predicted octanol–water partition coefficient (Wildman–Crippen LogP) is 3.51. The predicted molar refractivity (Wildman–Crippen MR) is 95.8 cm³/mol. The average molecular weight is 337 g/mol. The number of benzene rings is 2. The number of hydrogen-bond acceptors (Lipinski definition) is 4. The minimum Gasteiger partial charge on any atom is -0.351 e. The number of rotatable bonds is 3. The van der Waals surface area contributed by atoms with E-state index in [0.29, 0.717) is 41.9 Å². The highest BCUT2D eigenvalue weighted by molar-refractivity contribution is 6.13. The summed E-state index contributed by atoms with van der Waals surface area (Å²) in [6.45, 7) is 1.90. The Balaban J connectivity index is 2.12. The summed E-state index contributed by atoms with van der Waals surface area (Å²) in [7, 11) is 0. The first-order valence-corrected chi connectivity index (χ1v) is 8.15. The quantitative estimate of drug-likeness (QED) is 0.687. The van der Waals surface area contributed by atoms with E-state index < -0.39 is 6.03 Å². The smallest absolute Gasteiger partial charge is 0.335 e. The van der Waals surface area contributed by atoms with Gasteiger partial charge in [0.15, 0.2) is 0 Å². The average Bonchev–Trinajstić information content (AvgIpc) is 2.74. The molecule has 0 atom stereocenters. The zero-order valence-electron chi connectivity index (χ0n) is 13.9. The molecule has 0 spiro atoms. The number of carbonyl (C=O) groups is 2. The second-order valence-corrected chi connectivity index (χ2v) is 5.75. The first kappa shape index (κ1) is 16.7. The number of urea groups is 1. The summed E-state index contributed by atoms with van der Waals surface area (Å²) < 4.78 is 0. The third kappa shape index (κ3) is 3.38. The number of carbonyl (C=O) groups excluding carboxylic acids is 2. The van der Waals surface area contributed by atoms with Crippen molar-refractivity contribution in [2.75, 3.05) is 4.90 Å². The summed E-state index contributed by atoms with van der Waals surface area (Å²) in [5.74, 6) is -0.378. The Hall–Kier alpha value is -3.15. The van der Waals surface area contributed by atoms with Gasteiger partial charge in [-0.1, -0.05) is 48.5 Å². The highest BCUT2D eigenvalue weighted by Crippen LogP contribution is 2.35. The second-order valence-electron chi connectivity index (χ2n) is 5.75. The lowest BCUT2D eigenvalue weighted by molar-refractivity contribution is -0.143. The van der Waals surface area contributed by atoms with E-state index in [1.807, 2.05) is 49.4 Å². The van der Waals surface area contributed by atoms with Crippen molar-refractivity contribution in [2.24, 2.45) is 10.9 Å². The number of hydrogen-bond donors (Lipinski definition) is 1. The Morgan fingerprint density at radius 2 is 1.80 bits per heavy atom. The fraction of sp³-hybridized carbons (Fsp3) is 0.211. The molecule has 0 aliphatic carbocycles. The first-order valence-electron chi connectivity index (χ1n) is 8.15. The molecule has 0 radical (unpaired) electrons. The molecule has 6 nitrogen and oxygen atoms in total. The van der Waals surface area contributed by atoms with Crippen molar-refractivity contribution in [3.63, 3.8) is 0 Å². The number of anilines is 2. The van der Waals surface area contributed by atoms with E-state index in [1.54, 1.807) is 6.07 Å². The van der Waals surface area contributed by atoms with Crippen LogP contribution in [-0.2, 0) is 16.1 Å². The Kier molecular flexibility index (Phi) is 4.79. The number of nitrogens with two attached hydrogens (primary N) is 1. The maximum atomic E-state index is 12.1. The molecule has 1 heterocycles. The maximum Gasteiger partial charge on any atom is 0.335 e. The molecule has 0 aromatic heterocycles. The number of fused-ring (bicyclic) bond motifs is 2. The number of primary amides is 1. The Morgan fingerprint density at radius 3 is 2.52 bits per heavy atom. The van der Waals surface area contributed by atoms with Crippen molar-refractivity contribution in [3.8, 4) is 0 Å². The summed E-state index contributed by atoms with van der Waals surface area (Å²) in [5.41, 5.74) is 9.12. The van der Waals surface area contributed by atoms with Gasteiger partial charge < -0.3 is 10.6 Å². The normalized spacial score (nSPS) is 14.4. The topological polar surface area (TPSA) is 85.0 Å². The van der Waals surface area contributed by atoms with Crippen molar-refractivity contribution in [2.45, 2.75) is 26.2 Å². The van der Waals surface area contributed by atoms with Crippen LogP contribution in [0, 0.1) is 0 Å². The maximum absolute atomic E-state index is 12.1. The van der Waals surface area contributed by atoms with Crippen LogP contribution in [0.25, 0.3) is 0 Å². The largest absolute Gasteiger partial charge is 0.351 e. The van der Waals surface area contributed by atoms with Crippen molar-refractivity contribution in [3.05, 3.63) is 59.7 Å². The van der Waals surface area contributed by atoms with Crippen LogP contribution in [0.1, 0.15) is 30.9 Å². The van der Waals surface area contributed by atoms with Gasteiger partial charge in [-0.25, -0.2) is 9.59 Å². The monoisotopic (exact) mass is 337 g/mol. The van der Waals surface area contributed by atoms with Crippen molar-refractivity contribution >= 4 is 29.1 Å². The van der Waals surface area contributed by atoms with E-state index in [-0.39, 0.29) is 5.97 Å². The molecule has 0 unspecified atom stereocenters. The summed E-state index contributed by atoms with van der Waals surface area (Å²) >= 11 is 0. The van der Waals surface area contributed by atoms with E-state index in [4.69, 9.17) is 10.6 Å². The molecular formula is C19H19N3O3. The van der Waals surface area contributed by atoms with Gasteiger partial charge in [0.05, 0.1) is 17.1 Å². The molecule has 0 fully saturated rings. The zero-order valence-corrected chi connectivity index (χ0v) is 13.9. The van der Waals surface area contributed by atoms with Gasteiger partial charge in [-0.3, -0.25) is 4.90 Å². The van der Waals surface area contributed by atoms with Crippen molar-refractivity contribution in [1.29, 1.82) is 0 Å². The third-order valence-electron chi connectivity index (χ3n) is 3.98. The lowest BCUT2D eigenvalue weighted by atomic mass is 10.0. The van der Waals surface area contributed by atoms with Gasteiger partial charge in [-0.2, -0.15) is 0 Å². The molecule has 1 aliphatic rings. The molecule has 0 saturated carbocycles. The summed E-state index contributed by atoms with van der Waals surface area (Å²) in [4.78, 5) is 30.3. The Bertz CT molecular complexity index is 845. The van der Waals surface area contributed by atoms with Gasteiger partial charge in [-0.15, -0.1) is 0 Å². The Morgan fingerprint density at radius 1 is 1.12 bits per heavy atom. The SMILES string of the molecule is CCCC(=O)O/N=C1\Cc2ccccc2N(C(N)=O)c2ccccc21. The van der Waals surface area contributed by atoms with Crippen LogP contribution in [0.5, 0.6) is 0 Å². The molecule has 2 N–H and O–H groups in total. The molecule has 25 heavy (non-hydrogen) atoms. The fourth-order valence-electron chi connectivity index (χ4n) is 2.87. The van der Waals surface area contributed by atoms with Crippen LogP contribution >= 0.6 is 0 Å². The molecule has 6 heteroatoms. The summed E-state index contributed by atoms with van der Waals surface area (Å²) in [6, 6.07) is 14.2. The fourth-order valence-corrected chi connectivity index (χ4v) is 2.87. The molecular weight excluding hydrogens is 318 g/mol. The van der Waals surface area contributed by atoms with Crippen LogP contribution in [0.3, 0.4) is 0 Å². The highest BCUT2D eigenvalue weighted by Gasteiger charge is 2.27. The van der Waals surface area contributed by atoms with Gasteiger partial charge in [0.1, 0.15) is 0 Å². The van der Waals surface area contributed by atoms with E-state index in [1.165, 1.54) is 4.90 Å². The van der Waals surface area contributed by atoms with Gasteiger partial charge in [0.2, 0.25) is 0 Å². The minimum absolute atomic E-state index is 0.308. The molecule has 0 saturated heterocycles. The van der Waals surface area contributed by atoms with Crippen LogP contribution in [0.2, 0.25) is 0 Å². The van der Waals surface area contributed by atoms with Crippen molar-refractivity contribution < 1.29 is 14.4 Å². The van der Waals surface area contributed by atoms with Crippen molar-refractivity contribution in [1.82, 2.24) is 0 Å². The Labute approximate surface area is 145 Å². The van der Waals surface area contributed by atoms with Gasteiger partial charge in [-0.05, 0) is 24.1 Å². The van der Waals surface area contributed by atoms with Crippen LogP contribution in [0.4, 0.5) is 16.2 Å². The van der Waals surface area contributed by atoms with E-state index in [0.717, 1.165) is 5.56 Å². The summed E-state index contributed by atoms with van der Waals surface area (Å²) in [5, 5.41) is 4.08. The number of amides is 2. The zero-order chi connectivity index (χ0) is 17.8. The number of oxime groups is 1. The van der Waals surface area contributed by atoms with Gasteiger partial charge in [0, 0.05) is 18.4 Å². The lowest BCUT2D eigenvalue weighted by Crippen LogP contribution is -2.32. The van der Waals surface area contributed by atoms with Crippen LogP contribution in [0.15, 0.2) is 53.7 Å². The number of nitrogens with zero attached hydrogens (tertiary/aromatic N) is 2. The molecule has 0 bridgehead atoms. The second kappa shape index (κ2) is 7.17. The number of para-hydroxylation sites is 2. The van der Waals surface area contributed by atoms with Crippen LogP contribution in [-0.4, -0.2) is 17.7 Å². The third-order valence-corrected chi connectivity index (χ3v) is 3.98. The molecule has 128 valence electrons. The summed E-state index contributed by atoms with van der Waals surface area (Å²) in [6.07, 6.45) is 1.43. The highest BCUT2D eigenvalue weighted by atomic mass is 16.7. The standard InChI is InChI=1S/C19H19N3O3/c1-2-7-18(23)25-21-15-12-13-8-3-5-10-16(13)22(19(20)24)17-11-6-4-9-14(15)17/h3-6,8-11H,2,7,12H2,1H3,(H2,20,24)/b21-15+. The minimum atomic E-state index is -0.580. The molecule has 1 aliphatic heterocycles. The van der Waals surface area contributed by atoms with Gasteiger partial charge in [0.25, 0.3) is 0 Å². The first-order chi connectivity index (χ1) is 12.1. The molecule has 3 rings (SSSR count). The van der Waals surface area contributed by atoms with E-state index >= 15 is 0 Å². The van der Waals surface area contributed by atoms with Gasteiger partial charge >= 0.3 is 12.0 Å².